The van der Waals surface area contributed by atoms with Gasteiger partial charge >= 0.3 is 5.97 Å². The molecule has 0 saturated heterocycles. The Morgan fingerprint density at radius 2 is 1.93 bits per heavy atom. The second kappa shape index (κ2) is 8.50. The van der Waals surface area contributed by atoms with Crippen LogP contribution in [0.4, 0.5) is 5.00 Å². The fraction of sp³-hybridized carbons (Fsp3) is 0.368. The van der Waals surface area contributed by atoms with E-state index in [9.17, 15) is 9.59 Å². The number of benzene rings is 1. The quantitative estimate of drug-likeness (QED) is 0.629. The highest BCUT2D eigenvalue weighted by atomic mass is 35.5. The minimum atomic E-state index is -0.441. The van der Waals surface area contributed by atoms with E-state index < -0.39 is 11.9 Å². The molecule has 144 valence electrons. The number of anilines is 1. The molecule has 8 heteroatoms. The molecule has 1 aliphatic carbocycles. The number of esters is 1. The molecule has 3 rings (SSSR count). The van der Waals surface area contributed by atoms with Gasteiger partial charge in [-0.15, -0.1) is 11.3 Å². The zero-order valence-corrected chi connectivity index (χ0v) is 17.3. The summed E-state index contributed by atoms with van der Waals surface area (Å²) in [5, 5.41) is 3.84. The lowest BCUT2D eigenvalue weighted by Crippen LogP contribution is -2.15. The lowest BCUT2D eigenvalue weighted by molar-refractivity contribution is 0.0601. The van der Waals surface area contributed by atoms with Crippen LogP contribution in [0.1, 0.15) is 50.9 Å². The van der Waals surface area contributed by atoms with Crippen molar-refractivity contribution in [2.45, 2.75) is 32.6 Å². The third kappa shape index (κ3) is 4.08. The molecule has 1 aromatic carbocycles. The van der Waals surface area contributed by atoms with E-state index in [1.165, 1.54) is 30.6 Å². The van der Waals surface area contributed by atoms with E-state index in [2.05, 4.69) is 5.32 Å². The van der Waals surface area contributed by atoms with Crippen LogP contribution < -0.4 is 10.1 Å². The predicted molar refractivity (Wildman–Crippen MR) is 108 cm³/mol. The monoisotopic (exact) mass is 427 g/mol. The first-order chi connectivity index (χ1) is 13.0. The summed E-state index contributed by atoms with van der Waals surface area (Å²) in [4.78, 5) is 26.0. The van der Waals surface area contributed by atoms with E-state index in [-0.39, 0.29) is 10.0 Å². The van der Waals surface area contributed by atoms with Crippen LogP contribution in [0.25, 0.3) is 0 Å². The number of ether oxygens (including phenoxy) is 2. The number of carbonyl (C=O) groups excluding carboxylic acids is 2. The van der Waals surface area contributed by atoms with Crippen molar-refractivity contribution in [2.24, 2.45) is 0 Å². The number of methoxy groups -OCH3 is 1. The third-order valence-corrected chi connectivity index (χ3v) is 6.02. The zero-order valence-electron chi connectivity index (χ0n) is 15.0. The van der Waals surface area contributed by atoms with Crippen LogP contribution in [0.2, 0.25) is 10.0 Å². The number of aryl methyl sites for hydroxylation is 1. The maximum Gasteiger partial charge on any atom is 0.341 e. The highest BCUT2D eigenvalue weighted by Gasteiger charge is 2.28. The van der Waals surface area contributed by atoms with Gasteiger partial charge in [0.25, 0.3) is 5.91 Å². The van der Waals surface area contributed by atoms with E-state index in [1.807, 2.05) is 6.92 Å². The third-order valence-electron chi connectivity index (χ3n) is 4.25. The van der Waals surface area contributed by atoms with E-state index >= 15 is 0 Å². The largest absolute Gasteiger partial charge is 0.490 e. The highest BCUT2D eigenvalue weighted by molar-refractivity contribution is 7.17. The molecule has 1 aromatic heterocycles. The summed E-state index contributed by atoms with van der Waals surface area (Å²) in [5.74, 6) is -0.475. The average molecular weight is 428 g/mol. The van der Waals surface area contributed by atoms with Gasteiger partial charge in [0.1, 0.15) is 5.00 Å². The summed E-state index contributed by atoms with van der Waals surface area (Å²) in [6.07, 6.45) is 3.53. The summed E-state index contributed by atoms with van der Waals surface area (Å²) in [6, 6.07) is 3.01. The van der Waals surface area contributed by atoms with Crippen molar-refractivity contribution in [3.63, 3.8) is 0 Å². The van der Waals surface area contributed by atoms with E-state index in [4.69, 9.17) is 32.7 Å². The van der Waals surface area contributed by atoms with Crippen LogP contribution in [-0.4, -0.2) is 25.6 Å². The van der Waals surface area contributed by atoms with Gasteiger partial charge in [-0.25, -0.2) is 4.79 Å². The lowest BCUT2D eigenvalue weighted by Gasteiger charge is -2.11. The van der Waals surface area contributed by atoms with Gasteiger partial charge < -0.3 is 14.8 Å². The van der Waals surface area contributed by atoms with Crippen molar-refractivity contribution in [1.29, 1.82) is 0 Å². The number of rotatable bonds is 6. The van der Waals surface area contributed by atoms with E-state index in [0.29, 0.717) is 28.5 Å². The Kier molecular flexibility index (Phi) is 6.29. The maximum absolute atomic E-state index is 12.7. The smallest absolute Gasteiger partial charge is 0.341 e. The molecule has 0 unspecified atom stereocenters. The van der Waals surface area contributed by atoms with Crippen molar-refractivity contribution in [1.82, 2.24) is 0 Å². The van der Waals surface area contributed by atoms with Gasteiger partial charge in [0.2, 0.25) is 0 Å². The SMILES string of the molecule is CCCOc1c(Cl)cc(C(=O)Nc2sc3c(c2C(=O)OC)CCC3)cc1Cl. The predicted octanol–water partition coefficient (Wildman–Crippen LogP) is 5.37. The molecule has 0 fully saturated rings. The van der Waals surface area contributed by atoms with Crippen molar-refractivity contribution in [2.75, 3.05) is 19.0 Å². The van der Waals surface area contributed by atoms with Gasteiger partial charge in [0.05, 0.1) is 29.3 Å². The van der Waals surface area contributed by atoms with Gasteiger partial charge in [-0.2, -0.15) is 0 Å². The Hall–Kier alpha value is -1.76. The molecule has 1 amide bonds. The molecule has 5 nitrogen and oxygen atoms in total. The summed E-state index contributed by atoms with van der Waals surface area (Å²) < 4.78 is 10.4. The molecule has 0 bridgehead atoms. The fourth-order valence-corrected chi connectivity index (χ4v) is 4.89. The normalized spacial score (nSPS) is 12.6. The highest BCUT2D eigenvalue weighted by Crippen LogP contribution is 2.40. The van der Waals surface area contributed by atoms with Crippen LogP contribution >= 0.6 is 34.5 Å². The molecule has 0 spiro atoms. The van der Waals surface area contributed by atoms with Crippen molar-refractivity contribution < 1.29 is 19.1 Å². The Morgan fingerprint density at radius 1 is 1.22 bits per heavy atom. The van der Waals surface area contributed by atoms with E-state index in [0.717, 1.165) is 36.1 Å². The van der Waals surface area contributed by atoms with Crippen molar-refractivity contribution >= 4 is 51.4 Å². The van der Waals surface area contributed by atoms with Crippen LogP contribution in [0.5, 0.6) is 5.75 Å². The number of hydrogen-bond acceptors (Lipinski definition) is 5. The average Bonchev–Trinajstić information content (AvgIpc) is 3.21. The van der Waals surface area contributed by atoms with Crippen LogP contribution in [-0.2, 0) is 17.6 Å². The molecule has 0 atom stereocenters. The molecule has 0 aliphatic heterocycles. The molecule has 1 N–H and O–H groups in total. The first kappa shape index (κ1) is 20.0. The second-order valence-electron chi connectivity index (χ2n) is 6.12. The van der Waals surface area contributed by atoms with Crippen LogP contribution in [0.3, 0.4) is 0 Å². The number of amides is 1. The van der Waals surface area contributed by atoms with E-state index in [1.54, 1.807) is 0 Å². The first-order valence-corrected chi connectivity index (χ1v) is 10.2. The van der Waals surface area contributed by atoms with Crippen molar-refractivity contribution in [3.8, 4) is 5.75 Å². The second-order valence-corrected chi connectivity index (χ2v) is 8.04. The molecule has 0 saturated carbocycles. The summed E-state index contributed by atoms with van der Waals surface area (Å²) in [7, 11) is 1.33. The molecule has 1 heterocycles. The Balaban J connectivity index is 1.87. The zero-order chi connectivity index (χ0) is 19.6. The minimum Gasteiger partial charge on any atom is -0.490 e. The van der Waals surface area contributed by atoms with Gasteiger partial charge in [-0.05, 0) is 43.4 Å². The summed E-state index contributed by atoms with van der Waals surface area (Å²) in [5.41, 5.74) is 1.71. The maximum atomic E-state index is 12.7. The van der Waals surface area contributed by atoms with Crippen LogP contribution in [0, 0.1) is 0 Å². The molecule has 2 aromatic rings. The minimum absolute atomic E-state index is 0.267. The van der Waals surface area contributed by atoms with Gasteiger partial charge in [-0.1, -0.05) is 30.1 Å². The first-order valence-electron chi connectivity index (χ1n) is 8.62. The number of fused-ring (bicyclic) bond motifs is 1. The number of hydrogen-bond donors (Lipinski definition) is 1. The van der Waals surface area contributed by atoms with Crippen molar-refractivity contribution in [3.05, 3.63) is 43.7 Å². The summed E-state index contributed by atoms with van der Waals surface area (Å²) >= 11 is 13.9. The number of carbonyl (C=O) groups is 2. The van der Waals surface area contributed by atoms with Gasteiger partial charge in [0, 0.05) is 10.4 Å². The van der Waals surface area contributed by atoms with Crippen LogP contribution in [0.15, 0.2) is 12.1 Å². The Morgan fingerprint density at radius 3 is 2.56 bits per heavy atom. The fourth-order valence-electron chi connectivity index (χ4n) is 3.02. The lowest BCUT2D eigenvalue weighted by atomic mass is 10.1. The Bertz CT molecular complexity index is 871. The molecule has 1 aliphatic rings. The van der Waals surface area contributed by atoms with Gasteiger partial charge in [-0.3, -0.25) is 4.79 Å². The topological polar surface area (TPSA) is 64.6 Å². The van der Waals surface area contributed by atoms with Gasteiger partial charge in [0.15, 0.2) is 5.75 Å². The number of thiophene rings is 1. The molecular weight excluding hydrogens is 409 g/mol. The molecular formula is C19H19Cl2NO4S. The Labute approximate surface area is 171 Å². The molecule has 27 heavy (non-hydrogen) atoms. The molecule has 0 radical (unpaired) electrons. The number of halogens is 2. The number of nitrogens with one attached hydrogen (secondary N) is 1. The summed E-state index contributed by atoms with van der Waals surface area (Å²) in [6.45, 7) is 2.45. The standard InChI is InChI=1S/C19H19Cl2NO4S/c1-3-7-26-16-12(20)8-10(9-13(16)21)17(23)22-18-15(19(24)25-2)11-5-4-6-14(11)27-18/h8-9H,3-7H2,1-2H3,(H,22,23).